The monoisotopic (exact) mass is 268 g/mol. The van der Waals surface area contributed by atoms with Gasteiger partial charge < -0.3 is 0 Å². The van der Waals surface area contributed by atoms with Crippen LogP contribution in [0.1, 0.15) is 15.4 Å². The first kappa shape index (κ1) is 11.9. The number of ketones is 1. The molecular weight excluding hydrogens is 256 g/mol. The lowest BCUT2D eigenvalue weighted by atomic mass is 10.2. The van der Waals surface area contributed by atoms with Crippen LogP contribution in [0, 0.1) is 0 Å². The maximum atomic E-state index is 12.3. The van der Waals surface area contributed by atoms with Crippen LogP contribution in [-0.2, 0) is 6.42 Å². The van der Waals surface area contributed by atoms with Crippen LogP contribution in [0.2, 0.25) is 0 Å². The van der Waals surface area contributed by atoms with E-state index in [1.807, 2.05) is 47.8 Å². The fourth-order valence-corrected chi connectivity index (χ4v) is 2.65. The summed E-state index contributed by atoms with van der Waals surface area (Å²) in [4.78, 5) is 13.4. The highest BCUT2D eigenvalue weighted by molar-refractivity contribution is 7.10. The van der Waals surface area contributed by atoms with Gasteiger partial charge in [0.1, 0.15) is 5.69 Å². The molecule has 2 aromatic heterocycles. The number of para-hydroxylation sites is 1. The average Bonchev–Trinajstić information content (AvgIpc) is 3.10. The lowest BCUT2D eigenvalue weighted by Crippen LogP contribution is -2.10. The van der Waals surface area contributed by atoms with Gasteiger partial charge in [0.2, 0.25) is 0 Å². The zero-order chi connectivity index (χ0) is 13.1. The molecule has 0 radical (unpaired) electrons. The minimum atomic E-state index is 0.0869. The summed E-state index contributed by atoms with van der Waals surface area (Å²) in [6, 6.07) is 15.4. The third-order valence-electron chi connectivity index (χ3n) is 2.84. The standard InChI is InChI=1S/C15H12N2OS/c18-15(11-13-7-4-10-19-13)14-8-9-16-17(14)12-5-2-1-3-6-12/h1-10H,11H2. The predicted molar refractivity (Wildman–Crippen MR) is 75.9 cm³/mol. The van der Waals surface area contributed by atoms with Gasteiger partial charge in [0.25, 0.3) is 0 Å². The van der Waals surface area contributed by atoms with E-state index >= 15 is 0 Å². The molecule has 0 aliphatic rings. The summed E-state index contributed by atoms with van der Waals surface area (Å²) >= 11 is 1.60. The molecule has 3 aromatic rings. The van der Waals surface area contributed by atoms with Gasteiger partial charge in [-0.1, -0.05) is 24.3 Å². The second-order valence-electron chi connectivity index (χ2n) is 4.14. The molecule has 0 aliphatic carbocycles. The van der Waals surface area contributed by atoms with Crippen molar-refractivity contribution in [3.05, 3.63) is 70.7 Å². The second-order valence-corrected chi connectivity index (χ2v) is 5.18. The van der Waals surface area contributed by atoms with Crippen LogP contribution in [0.4, 0.5) is 0 Å². The molecule has 1 aromatic carbocycles. The highest BCUT2D eigenvalue weighted by atomic mass is 32.1. The quantitative estimate of drug-likeness (QED) is 0.680. The molecule has 0 saturated carbocycles. The van der Waals surface area contributed by atoms with E-state index < -0.39 is 0 Å². The SMILES string of the molecule is O=C(Cc1cccs1)c1ccnn1-c1ccccc1. The Morgan fingerprint density at radius 3 is 2.68 bits per heavy atom. The molecule has 0 aliphatic heterocycles. The van der Waals surface area contributed by atoms with Gasteiger partial charge in [0, 0.05) is 11.3 Å². The zero-order valence-electron chi connectivity index (χ0n) is 10.2. The summed E-state index contributed by atoms with van der Waals surface area (Å²) in [5.74, 6) is 0.0869. The molecule has 0 unspecified atom stereocenters. The van der Waals surface area contributed by atoms with E-state index in [0.29, 0.717) is 12.1 Å². The molecule has 0 saturated heterocycles. The fraction of sp³-hybridized carbons (Fsp3) is 0.0667. The van der Waals surface area contributed by atoms with Crippen LogP contribution in [0.5, 0.6) is 0 Å². The first-order chi connectivity index (χ1) is 9.34. The van der Waals surface area contributed by atoms with Crippen molar-refractivity contribution in [3.8, 4) is 5.69 Å². The lowest BCUT2D eigenvalue weighted by Gasteiger charge is -2.05. The highest BCUT2D eigenvalue weighted by Gasteiger charge is 2.14. The summed E-state index contributed by atoms with van der Waals surface area (Å²) in [5, 5.41) is 6.22. The van der Waals surface area contributed by atoms with E-state index in [1.165, 1.54) is 0 Å². The van der Waals surface area contributed by atoms with Crippen molar-refractivity contribution < 1.29 is 4.79 Å². The molecule has 19 heavy (non-hydrogen) atoms. The number of hydrogen-bond donors (Lipinski definition) is 0. The Morgan fingerprint density at radius 2 is 1.95 bits per heavy atom. The predicted octanol–water partition coefficient (Wildman–Crippen LogP) is 3.36. The van der Waals surface area contributed by atoms with Crippen LogP contribution in [0.25, 0.3) is 5.69 Å². The molecule has 0 spiro atoms. The van der Waals surface area contributed by atoms with Crippen molar-refractivity contribution in [3.63, 3.8) is 0 Å². The smallest absolute Gasteiger partial charge is 0.186 e. The molecule has 3 rings (SSSR count). The van der Waals surface area contributed by atoms with E-state index in [1.54, 1.807) is 28.3 Å². The molecule has 4 heteroatoms. The van der Waals surface area contributed by atoms with Gasteiger partial charge in [-0.3, -0.25) is 4.79 Å². The van der Waals surface area contributed by atoms with Gasteiger partial charge >= 0.3 is 0 Å². The van der Waals surface area contributed by atoms with Crippen molar-refractivity contribution in [1.82, 2.24) is 9.78 Å². The topological polar surface area (TPSA) is 34.9 Å². The third-order valence-corrected chi connectivity index (χ3v) is 3.72. The normalized spacial score (nSPS) is 10.5. The first-order valence-corrected chi connectivity index (χ1v) is 6.87. The second kappa shape index (κ2) is 5.20. The van der Waals surface area contributed by atoms with Gasteiger partial charge in [-0.2, -0.15) is 5.10 Å². The molecular formula is C15H12N2OS. The Bertz CT molecular complexity index is 671. The molecule has 0 atom stereocenters. The molecule has 0 amide bonds. The molecule has 0 bridgehead atoms. The van der Waals surface area contributed by atoms with E-state index in [2.05, 4.69) is 5.10 Å². The van der Waals surface area contributed by atoms with E-state index in [4.69, 9.17) is 0 Å². The van der Waals surface area contributed by atoms with Crippen molar-refractivity contribution in [2.24, 2.45) is 0 Å². The van der Waals surface area contributed by atoms with E-state index in [0.717, 1.165) is 10.6 Å². The third kappa shape index (κ3) is 2.48. The summed E-state index contributed by atoms with van der Waals surface area (Å²) < 4.78 is 1.69. The number of aromatic nitrogens is 2. The van der Waals surface area contributed by atoms with Crippen molar-refractivity contribution >= 4 is 17.1 Å². The number of nitrogens with zero attached hydrogens (tertiary/aromatic N) is 2. The summed E-state index contributed by atoms with van der Waals surface area (Å²) in [5.41, 5.74) is 1.53. The highest BCUT2D eigenvalue weighted by Crippen LogP contribution is 2.15. The molecule has 0 fully saturated rings. The first-order valence-electron chi connectivity index (χ1n) is 5.99. The molecule has 2 heterocycles. The Hall–Kier alpha value is -2.20. The Labute approximate surface area is 115 Å². The fourth-order valence-electron chi connectivity index (χ4n) is 1.95. The number of thiophene rings is 1. The number of Topliss-reactive ketones (excluding diaryl/α,β-unsaturated/α-hetero) is 1. The number of carbonyl (C=O) groups excluding carboxylic acids is 1. The number of hydrogen-bond acceptors (Lipinski definition) is 3. The number of benzene rings is 1. The zero-order valence-corrected chi connectivity index (χ0v) is 11.0. The van der Waals surface area contributed by atoms with E-state index in [9.17, 15) is 4.79 Å². The van der Waals surface area contributed by atoms with Gasteiger partial charge in [-0.05, 0) is 29.6 Å². The summed E-state index contributed by atoms with van der Waals surface area (Å²) in [6.45, 7) is 0. The number of rotatable bonds is 4. The van der Waals surface area contributed by atoms with Gasteiger partial charge in [0.15, 0.2) is 5.78 Å². The summed E-state index contributed by atoms with van der Waals surface area (Å²) in [6.07, 6.45) is 2.09. The van der Waals surface area contributed by atoms with Crippen LogP contribution >= 0.6 is 11.3 Å². The minimum absolute atomic E-state index is 0.0869. The van der Waals surface area contributed by atoms with Gasteiger partial charge in [-0.25, -0.2) is 4.68 Å². The van der Waals surface area contributed by atoms with Crippen LogP contribution in [0.15, 0.2) is 60.1 Å². The van der Waals surface area contributed by atoms with E-state index in [-0.39, 0.29) is 5.78 Å². The molecule has 3 nitrogen and oxygen atoms in total. The van der Waals surface area contributed by atoms with Crippen molar-refractivity contribution in [1.29, 1.82) is 0 Å². The van der Waals surface area contributed by atoms with Crippen LogP contribution in [-0.4, -0.2) is 15.6 Å². The van der Waals surface area contributed by atoms with Crippen molar-refractivity contribution in [2.75, 3.05) is 0 Å². The van der Waals surface area contributed by atoms with Gasteiger partial charge in [-0.15, -0.1) is 11.3 Å². The Morgan fingerprint density at radius 1 is 1.11 bits per heavy atom. The maximum absolute atomic E-state index is 12.3. The Kier molecular flexibility index (Phi) is 3.25. The molecule has 0 N–H and O–H groups in total. The largest absolute Gasteiger partial charge is 0.292 e. The molecule has 94 valence electrons. The van der Waals surface area contributed by atoms with Gasteiger partial charge in [0.05, 0.1) is 11.9 Å². The van der Waals surface area contributed by atoms with Crippen LogP contribution < -0.4 is 0 Å². The van der Waals surface area contributed by atoms with Crippen LogP contribution in [0.3, 0.4) is 0 Å². The lowest BCUT2D eigenvalue weighted by molar-refractivity contribution is 0.0986. The Balaban J connectivity index is 1.90. The number of carbonyl (C=O) groups is 1. The van der Waals surface area contributed by atoms with Crippen molar-refractivity contribution in [2.45, 2.75) is 6.42 Å². The minimum Gasteiger partial charge on any atom is -0.292 e. The summed E-state index contributed by atoms with van der Waals surface area (Å²) in [7, 11) is 0. The average molecular weight is 268 g/mol. The maximum Gasteiger partial charge on any atom is 0.186 e.